The third-order valence-electron chi connectivity index (χ3n) is 2.30. The lowest BCUT2D eigenvalue weighted by Gasteiger charge is -2.03. The Morgan fingerprint density at radius 3 is 2.64 bits per heavy atom. The Morgan fingerprint density at radius 1 is 1.21 bits per heavy atom. The lowest BCUT2D eigenvalue weighted by atomic mass is 10.1. The molecule has 3 heteroatoms. The molecule has 1 nitrogen and oxygen atoms in total. The summed E-state index contributed by atoms with van der Waals surface area (Å²) in [5.41, 5.74) is 2.65. The summed E-state index contributed by atoms with van der Waals surface area (Å²) in [6.07, 6.45) is 0. The molecule has 0 saturated carbocycles. The van der Waals surface area contributed by atoms with Gasteiger partial charge >= 0.3 is 0 Å². The van der Waals surface area contributed by atoms with Gasteiger partial charge in [0, 0.05) is 17.1 Å². The Bertz CT molecular complexity index is 419. The van der Waals surface area contributed by atoms with Crippen molar-refractivity contribution >= 4 is 22.5 Å². The lowest BCUT2D eigenvalue weighted by molar-refractivity contribution is 0.630. The van der Waals surface area contributed by atoms with Gasteiger partial charge in [-0.25, -0.2) is 4.39 Å². The summed E-state index contributed by atoms with van der Waals surface area (Å²) in [5, 5.41) is 1.02. The van der Waals surface area contributed by atoms with Gasteiger partial charge in [-0.2, -0.15) is 0 Å². The van der Waals surface area contributed by atoms with E-state index in [9.17, 15) is 4.39 Å². The van der Waals surface area contributed by atoms with E-state index < -0.39 is 5.82 Å². The highest BCUT2D eigenvalue weighted by Crippen LogP contribution is 2.23. The molecule has 1 aromatic carbocycles. The first-order valence-electron chi connectivity index (χ1n) is 4.31. The predicted molar refractivity (Wildman–Crippen MR) is 56.2 cm³/mol. The Kier molecular flexibility index (Phi) is 2.16. The van der Waals surface area contributed by atoms with Crippen LogP contribution in [0.15, 0.2) is 18.2 Å². The molecule has 0 fully saturated rings. The van der Waals surface area contributed by atoms with Crippen LogP contribution in [0.3, 0.4) is 0 Å². The van der Waals surface area contributed by atoms with Crippen LogP contribution in [-0.4, -0.2) is 4.98 Å². The maximum absolute atomic E-state index is 13.1. The zero-order chi connectivity index (χ0) is 10.3. The normalized spacial score (nSPS) is 10.9. The lowest BCUT2D eigenvalue weighted by Crippen LogP contribution is -1.89. The molecule has 0 radical (unpaired) electrons. The molecule has 1 heterocycles. The van der Waals surface area contributed by atoms with Crippen LogP contribution in [-0.2, 0) is 0 Å². The van der Waals surface area contributed by atoms with Crippen LogP contribution in [0.2, 0.25) is 5.02 Å². The number of fused-ring (bicyclic) bond motifs is 1. The number of aryl methyl sites for hydroxylation is 2. The summed E-state index contributed by atoms with van der Waals surface area (Å²) in [5.74, 6) is -0.421. The summed E-state index contributed by atoms with van der Waals surface area (Å²) < 4.78 is 13.1. The van der Waals surface area contributed by atoms with Crippen molar-refractivity contribution in [3.8, 4) is 0 Å². The fourth-order valence-electron chi connectivity index (χ4n) is 1.37. The van der Waals surface area contributed by atoms with Crippen molar-refractivity contribution in [2.75, 3.05) is 0 Å². The second-order valence-electron chi connectivity index (χ2n) is 3.35. The molecular weight excluding hydrogens is 201 g/mol. The molecule has 72 valence electrons. The molecular formula is C11H9ClFN. The molecule has 0 aliphatic heterocycles. The average Bonchev–Trinajstić information content (AvgIpc) is 2.11. The Labute approximate surface area is 86.5 Å². The van der Waals surface area contributed by atoms with E-state index in [0.29, 0.717) is 5.52 Å². The number of hydrogen-bond donors (Lipinski definition) is 0. The summed E-state index contributed by atoms with van der Waals surface area (Å²) in [4.78, 5) is 4.28. The molecule has 0 N–H and O–H groups in total. The fraction of sp³-hybridized carbons (Fsp3) is 0.182. The summed E-state index contributed by atoms with van der Waals surface area (Å²) in [7, 11) is 0. The number of benzene rings is 1. The minimum atomic E-state index is -0.421. The number of aromatic nitrogens is 1. The van der Waals surface area contributed by atoms with Crippen molar-refractivity contribution in [1.29, 1.82) is 0 Å². The SMILES string of the molecule is Cc1cc2cc(Cl)c(F)cc2nc1C. The Morgan fingerprint density at radius 2 is 1.93 bits per heavy atom. The van der Waals surface area contributed by atoms with Crippen molar-refractivity contribution in [3.05, 3.63) is 40.3 Å². The molecule has 14 heavy (non-hydrogen) atoms. The number of pyridine rings is 1. The van der Waals surface area contributed by atoms with Crippen molar-refractivity contribution < 1.29 is 4.39 Å². The van der Waals surface area contributed by atoms with E-state index in [0.717, 1.165) is 16.6 Å². The van der Waals surface area contributed by atoms with Gasteiger partial charge in [0.25, 0.3) is 0 Å². The van der Waals surface area contributed by atoms with Gasteiger partial charge in [0.05, 0.1) is 10.5 Å². The Balaban J connectivity index is 2.83. The van der Waals surface area contributed by atoms with Crippen molar-refractivity contribution in [2.24, 2.45) is 0 Å². The first-order chi connectivity index (χ1) is 6.58. The second kappa shape index (κ2) is 3.21. The minimum Gasteiger partial charge on any atom is -0.253 e. The van der Waals surface area contributed by atoms with Crippen LogP contribution in [0.25, 0.3) is 10.9 Å². The fourth-order valence-corrected chi connectivity index (χ4v) is 1.54. The van der Waals surface area contributed by atoms with Crippen LogP contribution in [0.4, 0.5) is 4.39 Å². The van der Waals surface area contributed by atoms with Crippen LogP contribution in [0.1, 0.15) is 11.3 Å². The van der Waals surface area contributed by atoms with Gasteiger partial charge < -0.3 is 0 Å². The van der Waals surface area contributed by atoms with Crippen LogP contribution < -0.4 is 0 Å². The molecule has 2 aromatic rings. The summed E-state index contributed by atoms with van der Waals surface area (Å²) in [6, 6.07) is 4.93. The van der Waals surface area contributed by atoms with E-state index in [1.54, 1.807) is 6.07 Å². The van der Waals surface area contributed by atoms with Crippen molar-refractivity contribution in [3.63, 3.8) is 0 Å². The molecule has 0 unspecified atom stereocenters. The highest BCUT2D eigenvalue weighted by atomic mass is 35.5. The molecule has 0 aliphatic carbocycles. The minimum absolute atomic E-state index is 0.141. The zero-order valence-electron chi connectivity index (χ0n) is 7.94. The van der Waals surface area contributed by atoms with Gasteiger partial charge in [-0.15, -0.1) is 0 Å². The topological polar surface area (TPSA) is 12.9 Å². The zero-order valence-corrected chi connectivity index (χ0v) is 8.69. The van der Waals surface area contributed by atoms with Gasteiger partial charge in [-0.1, -0.05) is 11.6 Å². The molecule has 2 rings (SSSR count). The van der Waals surface area contributed by atoms with Gasteiger partial charge in [0.15, 0.2) is 0 Å². The van der Waals surface area contributed by atoms with Crippen LogP contribution >= 0.6 is 11.6 Å². The second-order valence-corrected chi connectivity index (χ2v) is 3.76. The first-order valence-corrected chi connectivity index (χ1v) is 4.69. The van der Waals surface area contributed by atoms with E-state index in [-0.39, 0.29) is 5.02 Å². The maximum Gasteiger partial charge on any atom is 0.143 e. The van der Waals surface area contributed by atoms with E-state index in [1.165, 1.54) is 6.07 Å². The molecule has 0 saturated heterocycles. The first kappa shape index (κ1) is 9.41. The third kappa shape index (κ3) is 1.46. The number of rotatable bonds is 0. The molecule has 0 spiro atoms. The number of nitrogens with zero attached hydrogens (tertiary/aromatic N) is 1. The standard InChI is InChI=1S/C11H9ClFN/c1-6-3-8-4-9(12)10(13)5-11(8)14-7(6)2/h3-5H,1-2H3. The molecule has 0 amide bonds. The van der Waals surface area contributed by atoms with Crippen LogP contribution in [0, 0.1) is 19.7 Å². The number of hydrogen-bond acceptors (Lipinski definition) is 1. The smallest absolute Gasteiger partial charge is 0.143 e. The van der Waals surface area contributed by atoms with E-state index in [2.05, 4.69) is 4.98 Å². The average molecular weight is 210 g/mol. The van der Waals surface area contributed by atoms with Gasteiger partial charge in [-0.3, -0.25) is 4.98 Å². The Hall–Kier alpha value is -1.15. The van der Waals surface area contributed by atoms with Gasteiger partial charge in [0.2, 0.25) is 0 Å². The highest BCUT2D eigenvalue weighted by molar-refractivity contribution is 6.31. The monoisotopic (exact) mass is 209 g/mol. The largest absolute Gasteiger partial charge is 0.253 e. The van der Waals surface area contributed by atoms with E-state index in [4.69, 9.17) is 11.6 Å². The predicted octanol–water partition coefficient (Wildman–Crippen LogP) is 3.64. The van der Waals surface area contributed by atoms with Gasteiger partial charge in [-0.05, 0) is 31.5 Å². The molecule has 0 atom stereocenters. The quantitative estimate of drug-likeness (QED) is 0.646. The highest BCUT2D eigenvalue weighted by Gasteiger charge is 2.04. The maximum atomic E-state index is 13.1. The molecule has 0 aliphatic rings. The third-order valence-corrected chi connectivity index (χ3v) is 2.59. The van der Waals surface area contributed by atoms with Crippen LogP contribution in [0.5, 0.6) is 0 Å². The summed E-state index contributed by atoms with van der Waals surface area (Å²) in [6.45, 7) is 3.88. The van der Waals surface area contributed by atoms with Gasteiger partial charge in [0.1, 0.15) is 5.82 Å². The van der Waals surface area contributed by atoms with E-state index in [1.807, 2.05) is 19.9 Å². The molecule has 1 aromatic heterocycles. The number of halogens is 2. The van der Waals surface area contributed by atoms with Crippen molar-refractivity contribution in [1.82, 2.24) is 4.98 Å². The molecule has 0 bridgehead atoms. The van der Waals surface area contributed by atoms with Crippen molar-refractivity contribution in [2.45, 2.75) is 13.8 Å². The summed E-state index contributed by atoms with van der Waals surface area (Å²) >= 11 is 5.68. The van der Waals surface area contributed by atoms with E-state index >= 15 is 0 Å².